The molecule has 0 amide bonds. The maximum atomic E-state index is 14.4. The van der Waals surface area contributed by atoms with Gasteiger partial charge < -0.3 is 9.72 Å². The number of carbonyl (C=O) groups is 1. The van der Waals surface area contributed by atoms with Crippen molar-refractivity contribution in [2.75, 3.05) is 6.61 Å². The Kier molecular flexibility index (Phi) is 8.14. The Morgan fingerprint density at radius 3 is 2.45 bits per heavy atom. The SMILES string of the molecule is CCCOC(=O)C(c1ccc(-c2ccc(C(F)(F)F)cc2C(F)(F)F)nc1)N1Cc2[nH]c(-c3cccc(F)c3F)nc2C=N1. The first kappa shape index (κ1) is 30.6. The zero-order chi connectivity index (χ0) is 31.8. The number of rotatable bonds is 7. The molecule has 3 heterocycles. The number of hydrazone groups is 1. The van der Waals surface area contributed by atoms with Crippen LogP contribution in [0.15, 0.2) is 59.8 Å². The Morgan fingerprint density at radius 1 is 1.02 bits per heavy atom. The van der Waals surface area contributed by atoms with Gasteiger partial charge in [0.25, 0.3) is 0 Å². The van der Waals surface area contributed by atoms with Crippen LogP contribution in [0, 0.1) is 11.6 Å². The fourth-order valence-corrected chi connectivity index (χ4v) is 4.57. The van der Waals surface area contributed by atoms with Crippen LogP contribution in [0.25, 0.3) is 22.6 Å². The summed E-state index contributed by atoms with van der Waals surface area (Å²) in [7, 11) is 0. The molecule has 5 rings (SSSR count). The van der Waals surface area contributed by atoms with Crippen molar-refractivity contribution in [2.24, 2.45) is 5.10 Å². The predicted octanol–water partition coefficient (Wildman–Crippen LogP) is 7.30. The molecular weight excluding hydrogens is 602 g/mol. The molecule has 4 aromatic rings. The van der Waals surface area contributed by atoms with Crippen molar-refractivity contribution in [1.29, 1.82) is 0 Å². The van der Waals surface area contributed by atoms with E-state index in [0.29, 0.717) is 29.9 Å². The molecule has 0 aliphatic carbocycles. The van der Waals surface area contributed by atoms with Crippen LogP contribution in [0.4, 0.5) is 35.1 Å². The molecule has 2 aromatic heterocycles. The third-order valence-corrected chi connectivity index (χ3v) is 6.67. The number of pyridine rings is 1. The number of alkyl halides is 6. The van der Waals surface area contributed by atoms with Crippen molar-refractivity contribution in [3.8, 4) is 22.6 Å². The highest BCUT2D eigenvalue weighted by atomic mass is 19.4. The predicted molar refractivity (Wildman–Crippen MR) is 141 cm³/mol. The van der Waals surface area contributed by atoms with Crippen molar-refractivity contribution in [1.82, 2.24) is 20.0 Å². The number of fused-ring (bicyclic) bond motifs is 1. The first-order valence-electron chi connectivity index (χ1n) is 13.0. The number of imidazole rings is 1. The molecule has 7 nitrogen and oxygen atoms in total. The van der Waals surface area contributed by atoms with Crippen LogP contribution in [0.5, 0.6) is 0 Å². The number of aromatic amines is 1. The smallest absolute Gasteiger partial charge is 0.417 e. The molecule has 1 N–H and O–H groups in total. The van der Waals surface area contributed by atoms with Crippen molar-refractivity contribution < 1.29 is 44.7 Å². The molecule has 0 bridgehead atoms. The zero-order valence-electron chi connectivity index (χ0n) is 22.6. The van der Waals surface area contributed by atoms with E-state index in [1.165, 1.54) is 29.4 Å². The molecule has 1 aliphatic rings. The van der Waals surface area contributed by atoms with Gasteiger partial charge in [0, 0.05) is 17.3 Å². The quantitative estimate of drug-likeness (QED) is 0.173. The van der Waals surface area contributed by atoms with Gasteiger partial charge in [-0.3, -0.25) is 9.99 Å². The highest BCUT2D eigenvalue weighted by molar-refractivity contribution is 5.82. The van der Waals surface area contributed by atoms with E-state index in [9.17, 15) is 39.9 Å². The van der Waals surface area contributed by atoms with Crippen LogP contribution >= 0.6 is 0 Å². The summed E-state index contributed by atoms with van der Waals surface area (Å²) < 4.78 is 114. The van der Waals surface area contributed by atoms with Crippen LogP contribution in [-0.2, 0) is 28.4 Å². The Labute approximate surface area is 244 Å². The van der Waals surface area contributed by atoms with Crippen molar-refractivity contribution >= 4 is 12.2 Å². The number of carbonyl (C=O) groups excluding carboxylic acids is 1. The van der Waals surface area contributed by atoms with Crippen molar-refractivity contribution in [3.63, 3.8) is 0 Å². The third kappa shape index (κ3) is 6.12. The first-order valence-corrected chi connectivity index (χ1v) is 13.0. The van der Waals surface area contributed by atoms with E-state index in [2.05, 4.69) is 20.1 Å². The number of hydrogen-bond acceptors (Lipinski definition) is 6. The lowest BCUT2D eigenvalue weighted by atomic mass is 9.99. The molecular formula is C29H21F8N5O2. The van der Waals surface area contributed by atoms with Gasteiger partial charge in [-0.25, -0.2) is 18.6 Å². The average molecular weight is 624 g/mol. The summed E-state index contributed by atoms with van der Waals surface area (Å²) in [6, 6.07) is 6.03. The number of halogens is 8. The molecule has 0 saturated heterocycles. The maximum Gasteiger partial charge on any atom is 0.417 e. The number of nitrogens with zero attached hydrogens (tertiary/aromatic N) is 4. The van der Waals surface area contributed by atoms with Gasteiger partial charge >= 0.3 is 18.3 Å². The monoisotopic (exact) mass is 623 g/mol. The molecule has 1 atom stereocenters. The number of nitrogens with one attached hydrogen (secondary N) is 1. The molecule has 0 saturated carbocycles. The van der Waals surface area contributed by atoms with E-state index < -0.39 is 52.7 Å². The number of hydrogen-bond donors (Lipinski definition) is 1. The minimum absolute atomic E-state index is 0.0181. The topological polar surface area (TPSA) is 83.5 Å². The van der Waals surface area contributed by atoms with Gasteiger partial charge in [-0.05, 0) is 36.8 Å². The molecule has 0 radical (unpaired) electrons. The lowest BCUT2D eigenvalue weighted by molar-refractivity contribution is -0.151. The number of aromatic nitrogens is 3. The summed E-state index contributed by atoms with van der Waals surface area (Å²) in [5.74, 6) is -2.92. The van der Waals surface area contributed by atoms with E-state index in [-0.39, 0.29) is 41.9 Å². The highest BCUT2D eigenvalue weighted by Crippen LogP contribution is 2.41. The van der Waals surface area contributed by atoms with E-state index in [0.717, 1.165) is 18.3 Å². The van der Waals surface area contributed by atoms with E-state index in [1.54, 1.807) is 6.92 Å². The van der Waals surface area contributed by atoms with E-state index >= 15 is 0 Å². The minimum Gasteiger partial charge on any atom is -0.464 e. The minimum atomic E-state index is -5.11. The fourth-order valence-electron chi connectivity index (χ4n) is 4.57. The normalized spacial score (nSPS) is 14.0. The van der Waals surface area contributed by atoms with Crippen molar-refractivity contribution in [2.45, 2.75) is 38.3 Å². The Morgan fingerprint density at radius 2 is 1.80 bits per heavy atom. The van der Waals surface area contributed by atoms with Gasteiger partial charge in [-0.2, -0.15) is 31.4 Å². The fraction of sp³-hybridized carbons (Fsp3) is 0.241. The van der Waals surface area contributed by atoms with Gasteiger partial charge in [0.15, 0.2) is 17.7 Å². The number of ether oxygens (including phenoxy) is 1. The van der Waals surface area contributed by atoms with Gasteiger partial charge in [0.05, 0.1) is 47.4 Å². The third-order valence-electron chi connectivity index (χ3n) is 6.67. The Balaban J connectivity index is 1.48. The summed E-state index contributed by atoms with van der Waals surface area (Å²) in [6.45, 7) is 1.74. The molecule has 44 heavy (non-hydrogen) atoms. The average Bonchev–Trinajstić information content (AvgIpc) is 3.40. The molecule has 2 aromatic carbocycles. The first-order chi connectivity index (χ1) is 20.8. The molecule has 230 valence electrons. The molecule has 1 unspecified atom stereocenters. The summed E-state index contributed by atoms with van der Waals surface area (Å²) in [6.07, 6.45) is -7.22. The Bertz CT molecular complexity index is 1710. The van der Waals surface area contributed by atoms with Crippen LogP contribution in [-0.4, -0.2) is 38.8 Å². The summed E-state index contributed by atoms with van der Waals surface area (Å²) in [5.41, 5.74) is -3.12. The van der Waals surface area contributed by atoms with Gasteiger partial charge in [-0.1, -0.05) is 25.1 Å². The van der Waals surface area contributed by atoms with Crippen molar-refractivity contribution in [3.05, 3.63) is 94.4 Å². The van der Waals surface area contributed by atoms with Gasteiger partial charge in [-0.15, -0.1) is 0 Å². The molecule has 0 fully saturated rings. The summed E-state index contributed by atoms with van der Waals surface area (Å²) in [5, 5.41) is 5.55. The van der Waals surface area contributed by atoms with Gasteiger partial charge in [0.2, 0.25) is 0 Å². The summed E-state index contributed by atoms with van der Waals surface area (Å²) in [4.78, 5) is 24.3. The van der Waals surface area contributed by atoms with Crippen LogP contribution in [0.2, 0.25) is 0 Å². The lowest BCUT2D eigenvalue weighted by Crippen LogP contribution is -2.33. The van der Waals surface area contributed by atoms with E-state index in [4.69, 9.17) is 4.74 Å². The van der Waals surface area contributed by atoms with Crippen LogP contribution in [0.1, 0.15) is 47.5 Å². The standard InChI is InChI=1S/C29H21F8N5O2/c1-2-10-44-27(43)25(42-14-23-22(13-39-42)40-26(41-23)18-4-3-5-20(30)24(18)31)15-6-9-21(38-12-15)17-8-7-16(28(32,33)34)11-19(17)29(35,36)37/h3-9,11-13,25H,2,10,14H2,1H3,(H,40,41). The zero-order valence-corrected chi connectivity index (χ0v) is 22.6. The second-order valence-corrected chi connectivity index (χ2v) is 9.70. The number of esters is 1. The lowest BCUT2D eigenvalue weighted by Gasteiger charge is -2.29. The number of H-pyrrole nitrogens is 1. The van der Waals surface area contributed by atoms with E-state index in [1.807, 2.05) is 0 Å². The Hall–Kier alpha value is -4.82. The largest absolute Gasteiger partial charge is 0.464 e. The van der Waals surface area contributed by atoms with Gasteiger partial charge in [0.1, 0.15) is 11.5 Å². The van der Waals surface area contributed by atoms with Crippen LogP contribution in [0.3, 0.4) is 0 Å². The molecule has 1 aliphatic heterocycles. The second-order valence-electron chi connectivity index (χ2n) is 9.70. The summed E-state index contributed by atoms with van der Waals surface area (Å²) >= 11 is 0. The molecule has 15 heteroatoms. The number of benzene rings is 2. The van der Waals surface area contributed by atoms with Crippen LogP contribution < -0.4 is 0 Å². The second kappa shape index (κ2) is 11.7. The molecule has 0 spiro atoms. The maximum absolute atomic E-state index is 14.4. The highest BCUT2D eigenvalue weighted by Gasteiger charge is 2.39.